The monoisotopic (exact) mass is 496 g/mol. The predicted octanol–water partition coefficient (Wildman–Crippen LogP) is 3.71. The number of nitrogens with zero attached hydrogens (tertiary/aromatic N) is 2. The average Bonchev–Trinajstić information content (AvgIpc) is 2.92. The molecule has 1 unspecified atom stereocenters. The Balaban J connectivity index is 0.00000280. The summed E-state index contributed by atoms with van der Waals surface area (Å²) >= 11 is 0. The molecule has 28 heavy (non-hydrogen) atoms. The Hall–Kier alpha value is -2.00. The number of halogens is 1. The van der Waals surface area contributed by atoms with E-state index in [0.29, 0.717) is 25.7 Å². The Kier molecular flexibility index (Phi) is 8.85. The molecule has 7 heteroatoms. The molecule has 0 amide bonds. The minimum Gasteiger partial charge on any atom is -0.490 e. The number of fused-ring (bicyclic) bond motifs is 1. The maximum Gasteiger partial charge on any atom is 0.193 e. The van der Waals surface area contributed by atoms with Gasteiger partial charge in [0.2, 0.25) is 0 Å². The lowest BCUT2D eigenvalue weighted by molar-refractivity contribution is 0.255. The molecular formula is C21H29IN4O2. The van der Waals surface area contributed by atoms with Gasteiger partial charge in [0, 0.05) is 30.8 Å². The van der Waals surface area contributed by atoms with Crippen molar-refractivity contribution < 1.29 is 9.47 Å². The second-order valence-electron chi connectivity index (χ2n) is 6.81. The number of nitrogens with two attached hydrogens (primary N) is 1. The number of benzene rings is 2. The molecule has 0 saturated heterocycles. The molecule has 152 valence electrons. The molecule has 0 saturated carbocycles. The minimum atomic E-state index is 0. The summed E-state index contributed by atoms with van der Waals surface area (Å²) in [6, 6.07) is 16.4. The summed E-state index contributed by atoms with van der Waals surface area (Å²) in [5.74, 6) is 1.90. The first-order valence-electron chi connectivity index (χ1n) is 9.32. The van der Waals surface area contributed by atoms with Gasteiger partial charge in [0.25, 0.3) is 0 Å². The van der Waals surface area contributed by atoms with Crippen LogP contribution in [0.5, 0.6) is 11.5 Å². The van der Waals surface area contributed by atoms with E-state index in [-0.39, 0.29) is 30.0 Å². The van der Waals surface area contributed by atoms with Gasteiger partial charge in [-0.25, -0.2) is 0 Å². The summed E-state index contributed by atoms with van der Waals surface area (Å²) in [6.07, 6.45) is 0.884. The van der Waals surface area contributed by atoms with Crippen LogP contribution in [-0.4, -0.2) is 43.7 Å². The molecule has 2 aromatic rings. The van der Waals surface area contributed by atoms with E-state index in [2.05, 4.69) is 53.4 Å². The zero-order valence-electron chi connectivity index (χ0n) is 16.4. The molecule has 0 bridgehead atoms. The van der Waals surface area contributed by atoms with Crippen LogP contribution < -0.4 is 20.5 Å². The second kappa shape index (κ2) is 11.1. The van der Waals surface area contributed by atoms with E-state index in [9.17, 15) is 0 Å². The Morgan fingerprint density at radius 2 is 1.86 bits per heavy atom. The molecule has 1 aliphatic heterocycles. The highest BCUT2D eigenvalue weighted by Crippen LogP contribution is 2.32. The normalized spacial score (nSPS) is 14.8. The van der Waals surface area contributed by atoms with Gasteiger partial charge in [0.05, 0.1) is 19.8 Å². The molecule has 0 spiro atoms. The number of anilines is 1. The van der Waals surface area contributed by atoms with Gasteiger partial charge in [-0.15, -0.1) is 24.0 Å². The van der Waals surface area contributed by atoms with Crippen LogP contribution in [0.25, 0.3) is 0 Å². The van der Waals surface area contributed by atoms with Gasteiger partial charge in [-0.05, 0) is 31.7 Å². The van der Waals surface area contributed by atoms with Crippen LogP contribution >= 0.6 is 24.0 Å². The molecule has 1 aliphatic rings. The Morgan fingerprint density at radius 3 is 2.61 bits per heavy atom. The van der Waals surface area contributed by atoms with Gasteiger partial charge >= 0.3 is 0 Å². The number of guanidine groups is 1. The molecule has 2 aromatic carbocycles. The van der Waals surface area contributed by atoms with E-state index >= 15 is 0 Å². The van der Waals surface area contributed by atoms with Crippen molar-refractivity contribution in [2.45, 2.75) is 25.9 Å². The van der Waals surface area contributed by atoms with E-state index in [0.717, 1.165) is 30.2 Å². The smallest absolute Gasteiger partial charge is 0.193 e. The molecule has 0 aliphatic carbocycles. The summed E-state index contributed by atoms with van der Waals surface area (Å²) in [5.41, 5.74) is 8.19. The fraction of sp³-hybridized carbons (Fsp3) is 0.381. The first-order valence-corrected chi connectivity index (χ1v) is 9.32. The van der Waals surface area contributed by atoms with Gasteiger partial charge in [-0.1, -0.05) is 30.3 Å². The summed E-state index contributed by atoms with van der Waals surface area (Å²) in [4.78, 5) is 6.75. The maximum atomic E-state index is 6.06. The minimum absolute atomic E-state index is 0. The van der Waals surface area contributed by atoms with Crippen molar-refractivity contribution in [3.05, 3.63) is 54.1 Å². The molecule has 6 nitrogen and oxygen atoms in total. The molecule has 3 rings (SSSR count). The number of aliphatic imine (C=N–C) groups is 1. The van der Waals surface area contributed by atoms with Crippen molar-refractivity contribution in [1.29, 1.82) is 0 Å². The highest BCUT2D eigenvalue weighted by molar-refractivity contribution is 14.0. The van der Waals surface area contributed by atoms with E-state index in [1.807, 2.05) is 24.3 Å². The van der Waals surface area contributed by atoms with E-state index in [4.69, 9.17) is 15.2 Å². The van der Waals surface area contributed by atoms with Crippen LogP contribution in [0.2, 0.25) is 0 Å². The number of likely N-dealkylation sites (N-methyl/N-ethyl adjacent to an activating group) is 1. The van der Waals surface area contributed by atoms with Gasteiger partial charge in [0.1, 0.15) is 0 Å². The third kappa shape index (κ3) is 6.56. The summed E-state index contributed by atoms with van der Waals surface area (Å²) in [6.45, 7) is 4.98. The first kappa shape index (κ1) is 22.3. The lowest BCUT2D eigenvalue weighted by Crippen LogP contribution is -2.32. The van der Waals surface area contributed by atoms with Gasteiger partial charge in [-0.2, -0.15) is 0 Å². The van der Waals surface area contributed by atoms with Crippen LogP contribution in [0, 0.1) is 0 Å². The molecule has 0 fully saturated rings. The fourth-order valence-electron chi connectivity index (χ4n) is 2.83. The summed E-state index contributed by atoms with van der Waals surface area (Å²) in [5, 5.41) is 3.13. The van der Waals surface area contributed by atoms with Crippen LogP contribution in [0.3, 0.4) is 0 Å². The topological polar surface area (TPSA) is 72.1 Å². The lowest BCUT2D eigenvalue weighted by atomic mass is 10.2. The standard InChI is InChI=1S/C21H28N4O2.HI/c1-16(25(2)15-17-7-4-3-5-8-17)14-23-21(22)24-18-9-10-19-20(13-18)27-12-6-11-26-19;/h3-5,7-10,13,16H,6,11-12,14-15H2,1-2H3,(H3,22,23,24);1H. The van der Waals surface area contributed by atoms with Gasteiger partial charge in [0.15, 0.2) is 17.5 Å². The van der Waals surface area contributed by atoms with Crippen LogP contribution in [0.15, 0.2) is 53.5 Å². The molecular weight excluding hydrogens is 467 g/mol. The van der Waals surface area contributed by atoms with Crippen molar-refractivity contribution in [2.75, 3.05) is 32.1 Å². The number of nitrogens with one attached hydrogen (secondary N) is 1. The third-order valence-electron chi connectivity index (χ3n) is 4.57. The number of ether oxygens (including phenoxy) is 2. The zero-order chi connectivity index (χ0) is 19.1. The highest BCUT2D eigenvalue weighted by Gasteiger charge is 2.12. The van der Waals surface area contributed by atoms with Gasteiger partial charge < -0.3 is 20.5 Å². The Bertz CT molecular complexity index is 770. The summed E-state index contributed by atoms with van der Waals surface area (Å²) in [7, 11) is 2.10. The average molecular weight is 496 g/mol. The van der Waals surface area contributed by atoms with E-state index in [1.54, 1.807) is 0 Å². The number of rotatable bonds is 6. The van der Waals surface area contributed by atoms with Crippen molar-refractivity contribution in [3.8, 4) is 11.5 Å². The van der Waals surface area contributed by atoms with Crippen molar-refractivity contribution >= 4 is 35.6 Å². The van der Waals surface area contributed by atoms with Gasteiger partial charge in [-0.3, -0.25) is 9.89 Å². The maximum absolute atomic E-state index is 6.06. The molecule has 0 radical (unpaired) electrons. The molecule has 3 N–H and O–H groups in total. The fourth-order valence-corrected chi connectivity index (χ4v) is 2.83. The lowest BCUT2D eigenvalue weighted by Gasteiger charge is -2.23. The summed E-state index contributed by atoms with van der Waals surface area (Å²) < 4.78 is 11.3. The van der Waals surface area contributed by atoms with Crippen LogP contribution in [-0.2, 0) is 6.54 Å². The third-order valence-corrected chi connectivity index (χ3v) is 4.57. The quantitative estimate of drug-likeness (QED) is 0.363. The number of hydrogen-bond acceptors (Lipinski definition) is 4. The highest BCUT2D eigenvalue weighted by atomic mass is 127. The molecule has 0 aromatic heterocycles. The van der Waals surface area contributed by atoms with Crippen molar-refractivity contribution in [2.24, 2.45) is 10.7 Å². The van der Waals surface area contributed by atoms with Crippen molar-refractivity contribution in [1.82, 2.24) is 4.90 Å². The largest absolute Gasteiger partial charge is 0.490 e. The predicted molar refractivity (Wildman–Crippen MR) is 125 cm³/mol. The Labute approximate surface area is 184 Å². The van der Waals surface area contributed by atoms with E-state index < -0.39 is 0 Å². The number of hydrogen-bond donors (Lipinski definition) is 2. The van der Waals surface area contributed by atoms with Crippen LogP contribution in [0.1, 0.15) is 18.9 Å². The first-order chi connectivity index (χ1) is 13.1. The zero-order valence-corrected chi connectivity index (χ0v) is 18.8. The van der Waals surface area contributed by atoms with E-state index in [1.165, 1.54) is 5.56 Å². The Morgan fingerprint density at radius 1 is 1.14 bits per heavy atom. The van der Waals surface area contributed by atoms with Crippen LogP contribution in [0.4, 0.5) is 5.69 Å². The SMILES string of the molecule is CC(CN=C(N)Nc1ccc2c(c1)OCCCO2)N(C)Cc1ccccc1.I. The van der Waals surface area contributed by atoms with Crippen molar-refractivity contribution in [3.63, 3.8) is 0 Å². The molecule has 1 atom stereocenters. The second-order valence-corrected chi connectivity index (χ2v) is 6.81. The molecule has 1 heterocycles.